The molecule has 66 valence electrons. The Kier molecular flexibility index (Phi) is 3.99. The van der Waals surface area contributed by atoms with Crippen molar-refractivity contribution in [2.75, 3.05) is 6.61 Å². The molecule has 0 spiro atoms. The first-order valence-corrected chi connectivity index (χ1v) is 3.16. The van der Waals surface area contributed by atoms with E-state index in [9.17, 15) is 14.4 Å². The Labute approximate surface area is 63.5 Å². The predicted molar refractivity (Wildman–Crippen MR) is 34.1 cm³/mol. The van der Waals surface area contributed by atoms with E-state index in [2.05, 4.69) is 4.94 Å². The lowest BCUT2D eigenvalue weighted by Crippen LogP contribution is -2.29. The molecule has 0 saturated heterocycles. The Hall–Kier alpha value is -0.680. The predicted octanol–water partition coefficient (Wildman–Crippen LogP) is -0.0624. The monoisotopic (exact) mass is 166 g/mol. The molecule has 11 heavy (non-hydrogen) atoms. The van der Waals surface area contributed by atoms with Crippen LogP contribution in [0, 0.1) is 0 Å². The van der Waals surface area contributed by atoms with Crippen LogP contribution in [0.2, 0.25) is 0 Å². The molecule has 5 heteroatoms. The van der Waals surface area contributed by atoms with Crippen LogP contribution in [0.1, 0.15) is 19.8 Å². The molecule has 0 fully saturated rings. The lowest BCUT2D eigenvalue weighted by molar-refractivity contribution is -0.188. The standard InChI is InChI=1S/C6H11FO4/c1-6(10,2-3-8)4-5(9)11-7/h8,10H,2-4H2,1H3/t6-/m1/s1. The maximum absolute atomic E-state index is 11.1. The summed E-state index contributed by atoms with van der Waals surface area (Å²) in [5.41, 5.74) is -1.39. The molecule has 4 nitrogen and oxygen atoms in total. The average molecular weight is 166 g/mol. The first kappa shape index (κ1) is 10.3. The number of aliphatic hydroxyl groups is 2. The van der Waals surface area contributed by atoms with Crippen LogP contribution < -0.4 is 0 Å². The Morgan fingerprint density at radius 2 is 2.27 bits per heavy atom. The molecule has 0 aliphatic heterocycles. The van der Waals surface area contributed by atoms with Gasteiger partial charge in [-0.15, -0.1) is 0 Å². The van der Waals surface area contributed by atoms with Crippen molar-refractivity contribution >= 4 is 5.97 Å². The zero-order chi connectivity index (χ0) is 8.91. The van der Waals surface area contributed by atoms with Gasteiger partial charge in [0.25, 0.3) is 0 Å². The van der Waals surface area contributed by atoms with Crippen LogP contribution in [0.3, 0.4) is 0 Å². The molecule has 0 heterocycles. The molecule has 0 unspecified atom stereocenters. The molecule has 0 radical (unpaired) electrons. The van der Waals surface area contributed by atoms with Crippen LogP contribution >= 0.6 is 0 Å². The van der Waals surface area contributed by atoms with Crippen molar-refractivity contribution in [2.24, 2.45) is 0 Å². The topological polar surface area (TPSA) is 66.8 Å². The van der Waals surface area contributed by atoms with Crippen molar-refractivity contribution < 1.29 is 24.5 Å². The molecule has 0 amide bonds. The molecule has 0 aromatic carbocycles. The summed E-state index contributed by atoms with van der Waals surface area (Å²) in [5.74, 6) is -1.14. The Balaban J connectivity index is 3.80. The minimum absolute atomic E-state index is 0.0160. The van der Waals surface area contributed by atoms with Gasteiger partial charge in [0, 0.05) is 11.1 Å². The highest BCUT2D eigenvalue weighted by atomic mass is 19.3. The van der Waals surface area contributed by atoms with E-state index in [1.165, 1.54) is 6.92 Å². The zero-order valence-electron chi connectivity index (χ0n) is 6.21. The van der Waals surface area contributed by atoms with Crippen LogP contribution in [0.5, 0.6) is 0 Å². The Morgan fingerprint density at radius 1 is 1.73 bits per heavy atom. The highest BCUT2D eigenvalue weighted by molar-refractivity contribution is 5.69. The van der Waals surface area contributed by atoms with Gasteiger partial charge in [0.05, 0.1) is 12.0 Å². The van der Waals surface area contributed by atoms with Gasteiger partial charge in [-0.3, -0.25) is 4.94 Å². The minimum atomic E-state index is -1.39. The SMILES string of the molecule is C[C@@](O)(CCO)CC(=O)OF. The highest BCUT2D eigenvalue weighted by Crippen LogP contribution is 2.14. The smallest absolute Gasteiger partial charge is 0.351 e. The maximum Gasteiger partial charge on any atom is 0.351 e. The quantitative estimate of drug-likeness (QED) is 0.613. The largest absolute Gasteiger partial charge is 0.396 e. The Morgan fingerprint density at radius 3 is 2.64 bits per heavy atom. The number of halogens is 1. The number of carbonyl (C=O) groups excluding carboxylic acids is 1. The maximum atomic E-state index is 11.1. The van der Waals surface area contributed by atoms with Gasteiger partial charge < -0.3 is 10.2 Å². The van der Waals surface area contributed by atoms with Crippen LogP contribution in [0.4, 0.5) is 4.53 Å². The summed E-state index contributed by atoms with van der Waals surface area (Å²) in [6.07, 6.45) is -0.438. The minimum Gasteiger partial charge on any atom is -0.396 e. The Bertz CT molecular complexity index is 135. The molecule has 0 bridgehead atoms. The fourth-order valence-corrected chi connectivity index (χ4v) is 0.667. The summed E-state index contributed by atoms with van der Waals surface area (Å²) in [5, 5.41) is 17.6. The second-order valence-corrected chi connectivity index (χ2v) is 2.60. The van der Waals surface area contributed by atoms with Gasteiger partial charge in [-0.05, 0) is 13.3 Å². The molecule has 0 aliphatic rings. The van der Waals surface area contributed by atoms with Gasteiger partial charge in [0.2, 0.25) is 0 Å². The zero-order valence-corrected chi connectivity index (χ0v) is 6.21. The van der Waals surface area contributed by atoms with E-state index in [0.717, 1.165) is 0 Å². The van der Waals surface area contributed by atoms with Crippen LogP contribution in [0.15, 0.2) is 0 Å². The summed E-state index contributed by atoms with van der Waals surface area (Å²) in [4.78, 5) is 13.1. The molecule has 0 aliphatic carbocycles. The number of aliphatic hydroxyl groups excluding tert-OH is 1. The molecule has 2 N–H and O–H groups in total. The third kappa shape index (κ3) is 4.69. The second kappa shape index (κ2) is 4.25. The van der Waals surface area contributed by atoms with Crippen molar-refractivity contribution in [3.05, 3.63) is 0 Å². The van der Waals surface area contributed by atoms with E-state index in [4.69, 9.17) is 5.11 Å². The van der Waals surface area contributed by atoms with Gasteiger partial charge >= 0.3 is 5.97 Å². The van der Waals surface area contributed by atoms with E-state index in [-0.39, 0.29) is 13.0 Å². The highest BCUT2D eigenvalue weighted by Gasteiger charge is 2.24. The average Bonchev–Trinajstić information content (AvgIpc) is 1.86. The summed E-state index contributed by atoms with van der Waals surface area (Å²) in [6.45, 7) is 1.06. The fraction of sp³-hybridized carbons (Fsp3) is 0.833. The normalized spacial score (nSPS) is 15.6. The van der Waals surface area contributed by atoms with Crippen LogP contribution in [-0.2, 0) is 9.74 Å². The second-order valence-electron chi connectivity index (χ2n) is 2.60. The number of hydrogen-bond donors (Lipinski definition) is 2. The molecule has 0 rings (SSSR count). The van der Waals surface area contributed by atoms with E-state index in [1.807, 2.05) is 0 Å². The van der Waals surface area contributed by atoms with Crippen molar-refractivity contribution in [2.45, 2.75) is 25.4 Å². The third-order valence-electron chi connectivity index (χ3n) is 1.26. The van der Waals surface area contributed by atoms with Crippen molar-refractivity contribution in [1.29, 1.82) is 0 Å². The van der Waals surface area contributed by atoms with Gasteiger partial charge in [0.15, 0.2) is 0 Å². The van der Waals surface area contributed by atoms with Crippen LogP contribution in [0.25, 0.3) is 0 Å². The molecule has 0 aromatic heterocycles. The van der Waals surface area contributed by atoms with Crippen molar-refractivity contribution in [3.8, 4) is 0 Å². The molecular formula is C6H11FO4. The first-order chi connectivity index (χ1) is 5.02. The summed E-state index contributed by atoms with van der Waals surface area (Å²) >= 11 is 0. The number of carbonyl (C=O) groups is 1. The van der Waals surface area contributed by atoms with E-state index in [0.29, 0.717) is 0 Å². The van der Waals surface area contributed by atoms with E-state index < -0.39 is 18.0 Å². The molecule has 0 aromatic rings. The lowest BCUT2D eigenvalue weighted by Gasteiger charge is -2.18. The lowest BCUT2D eigenvalue weighted by atomic mass is 9.99. The van der Waals surface area contributed by atoms with Crippen molar-refractivity contribution in [1.82, 2.24) is 0 Å². The molecule has 0 saturated carbocycles. The fourth-order valence-electron chi connectivity index (χ4n) is 0.667. The summed E-state index contributed by atoms with van der Waals surface area (Å²) < 4.78 is 11.1. The van der Waals surface area contributed by atoms with Crippen LogP contribution in [-0.4, -0.2) is 28.4 Å². The number of rotatable bonds is 4. The van der Waals surface area contributed by atoms with Gasteiger partial charge in [-0.25, -0.2) is 4.79 Å². The molecular weight excluding hydrogens is 155 g/mol. The van der Waals surface area contributed by atoms with E-state index >= 15 is 0 Å². The van der Waals surface area contributed by atoms with Crippen molar-refractivity contribution in [3.63, 3.8) is 0 Å². The number of hydrogen-bond acceptors (Lipinski definition) is 4. The van der Waals surface area contributed by atoms with Gasteiger partial charge in [0.1, 0.15) is 0 Å². The van der Waals surface area contributed by atoms with Gasteiger partial charge in [-0.2, -0.15) is 0 Å². The first-order valence-electron chi connectivity index (χ1n) is 3.16. The third-order valence-corrected chi connectivity index (χ3v) is 1.26. The van der Waals surface area contributed by atoms with Gasteiger partial charge in [-0.1, -0.05) is 0 Å². The summed E-state index contributed by atoms with van der Waals surface area (Å²) in [6, 6.07) is 0. The molecule has 1 atom stereocenters. The summed E-state index contributed by atoms with van der Waals surface area (Å²) in [7, 11) is 0. The van der Waals surface area contributed by atoms with E-state index in [1.54, 1.807) is 0 Å².